The van der Waals surface area contributed by atoms with Gasteiger partial charge in [-0.05, 0) is 54.0 Å². The van der Waals surface area contributed by atoms with Crippen LogP contribution in [0.25, 0.3) is 0 Å². The number of thiocarbonyl (C=S) groups is 1. The fourth-order valence-corrected chi connectivity index (χ4v) is 2.52. The summed E-state index contributed by atoms with van der Waals surface area (Å²) in [5.41, 5.74) is 4.79. The van der Waals surface area contributed by atoms with E-state index in [1.54, 1.807) is 0 Å². The van der Waals surface area contributed by atoms with E-state index in [2.05, 4.69) is 64.5 Å². The molecule has 0 spiro atoms. The Kier molecular flexibility index (Phi) is 5.99. The van der Waals surface area contributed by atoms with Crippen molar-refractivity contribution in [3.05, 3.63) is 59.7 Å². The van der Waals surface area contributed by atoms with Gasteiger partial charge >= 0.3 is 0 Å². The molecule has 23 heavy (non-hydrogen) atoms. The second kappa shape index (κ2) is 7.97. The van der Waals surface area contributed by atoms with Gasteiger partial charge in [0.1, 0.15) is 0 Å². The van der Waals surface area contributed by atoms with E-state index in [-0.39, 0.29) is 0 Å². The smallest absolute Gasteiger partial charge is 0.173 e. The average Bonchev–Trinajstić information content (AvgIpc) is 2.55. The Morgan fingerprint density at radius 2 is 1.70 bits per heavy atom. The van der Waals surface area contributed by atoms with Crippen molar-refractivity contribution in [2.45, 2.75) is 19.9 Å². The van der Waals surface area contributed by atoms with Gasteiger partial charge in [-0.1, -0.05) is 31.2 Å². The summed E-state index contributed by atoms with van der Waals surface area (Å²) in [5, 5.41) is 4.05. The van der Waals surface area contributed by atoms with Crippen molar-refractivity contribution in [1.29, 1.82) is 0 Å². The summed E-state index contributed by atoms with van der Waals surface area (Å²) >= 11 is 5.51. The summed E-state index contributed by atoms with van der Waals surface area (Å²) in [7, 11) is 6.11. The van der Waals surface area contributed by atoms with Gasteiger partial charge < -0.3 is 15.1 Å². The first kappa shape index (κ1) is 17.3. The summed E-state index contributed by atoms with van der Waals surface area (Å²) in [6.07, 6.45) is 1.02. The lowest BCUT2D eigenvalue weighted by molar-refractivity contribution is 0.508. The quantitative estimate of drug-likeness (QED) is 0.832. The standard InChI is InChI=1S/C19H25N3S/c1-5-15-7-6-8-17(13-15)20-19(23)22(4)14-16-9-11-18(12-10-16)21(2)3/h6-13H,5,14H2,1-4H3,(H,20,23). The zero-order chi connectivity index (χ0) is 16.8. The SMILES string of the molecule is CCc1cccc(NC(=S)N(C)Cc2ccc(N(C)C)cc2)c1. The molecule has 0 aliphatic carbocycles. The summed E-state index contributed by atoms with van der Waals surface area (Å²) < 4.78 is 0. The Morgan fingerprint density at radius 1 is 1.00 bits per heavy atom. The van der Waals surface area contributed by atoms with Crippen LogP contribution >= 0.6 is 12.2 Å². The highest BCUT2D eigenvalue weighted by Gasteiger charge is 2.06. The molecular formula is C19H25N3S. The second-order valence-corrected chi connectivity index (χ2v) is 6.29. The summed E-state index contributed by atoms with van der Waals surface area (Å²) in [5.74, 6) is 0. The Balaban J connectivity index is 1.96. The first-order chi connectivity index (χ1) is 11.0. The van der Waals surface area contributed by atoms with Crippen molar-refractivity contribution >= 4 is 28.7 Å². The molecule has 2 rings (SSSR count). The monoisotopic (exact) mass is 327 g/mol. The third kappa shape index (κ3) is 4.96. The van der Waals surface area contributed by atoms with E-state index in [0.29, 0.717) is 0 Å². The Bertz CT molecular complexity index is 650. The highest BCUT2D eigenvalue weighted by molar-refractivity contribution is 7.80. The molecule has 1 N–H and O–H groups in total. The van der Waals surface area contributed by atoms with Gasteiger partial charge in [-0.3, -0.25) is 0 Å². The van der Waals surface area contributed by atoms with Gasteiger partial charge in [0.15, 0.2) is 5.11 Å². The molecule has 0 aliphatic rings. The first-order valence-corrected chi connectivity index (χ1v) is 8.27. The molecule has 0 aliphatic heterocycles. The van der Waals surface area contributed by atoms with Crippen LogP contribution in [0.15, 0.2) is 48.5 Å². The van der Waals surface area contributed by atoms with Crippen molar-refractivity contribution in [1.82, 2.24) is 4.90 Å². The van der Waals surface area contributed by atoms with Gasteiger partial charge in [0.05, 0.1) is 0 Å². The van der Waals surface area contributed by atoms with Crippen molar-refractivity contribution in [3.8, 4) is 0 Å². The minimum atomic E-state index is 0.731. The fourth-order valence-electron chi connectivity index (χ4n) is 2.33. The average molecular weight is 327 g/mol. The second-order valence-electron chi connectivity index (χ2n) is 5.90. The molecule has 2 aromatic carbocycles. The minimum Gasteiger partial charge on any atom is -0.378 e. The van der Waals surface area contributed by atoms with Crippen molar-refractivity contribution in [2.24, 2.45) is 0 Å². The summed E-state index contributed by atoms with van der Waals surface area (Å²) in [6, 6.07) is 16.9. The van der Waals surface area contributed by atoms with E-state index >= 15 is 0 Å². The normalized spacial score (nSPS) is 10.3. The predicted octanol–water partition coefficient (Wildman–Crippen LogP) is 4.14. The number of anilines is 2. The van der Waals surface area contributed by atoms with Gasteiger partial charge in [0, 0.05) is 39.1 Å². The lowest BCUT2D eigenvalue weighted by Gasteiger charge is -2.22. The molecule has 122 valence electrons. The Hall–Kier alpha value is -2.07. The molecule has 0 amide bonds. The molecule has 0 saturated carbocycles. The van der Waals surface area contributed by atoms with Crippen LogP contribution in [0.5, 0.6) is 0 Å². The molecule has 4 heteroatoms. The number of nitrogens with zero attached hydrogens (tertiary/aromatic N) is 2. The number of benzene rings is 2. The van der Waals surface area contributed by atoms with Gasteiger partial charge in [-0.25, -0.2) is 0 Å². The van der Waals surface area contributed by atoms with Gasteiger partial charge in [-0.2, -0.15) is 0 Å². The largest absolute Gasteiger partial charge is 0.378 e. The number of hydrogen-bond donors (Lipinski definition) is 1. The van der Waals surface area contributed by atoms with Crippen LogP contribution in [0.2, 0.25) is 0 Å². The van der Waals surface area contributed by atoms with E-state index < -0.39 is 0 Å². The number of hydrogen-bond acceptors (Lipinski definition) is 2. The maximum atomic E-state index is 5.51. The van der Waals surface area contributed by atoms with Crippen LogP contribution < -0.4 is 10.2 Å². The molecule has 0 bridgehead atoms. The molecular weight excluding hydrogens is 302 g/mol. The molecule has 0 radical (unpaired) electrons. The minimum absolute atomic E-state index is 0.731. The van der Waals surface area contributed by atoms with Crippen LogP contribution in [0.1, 0.15) is 18.1 Å². The first-order valence-electron chi connectivity index (χ1n) is 7.87. The molecule has 0 heterocycles. The van der Waals surface area contributed by atoms with E-state index in [9.17, 15) is 0 Å². The van der Waals surface area contributed by atoms with Crippen LogP contribution in [0.4, 0.5) is 11.4 Å². The molecule has 0 unspecified atom stereocenters. The molecule has 0 fully saturated rings. The lowest BCUT2D eigenvalue weighted by Crippen LogP contribution is -2.30. The van der Waals surface area contributed by atoms with Crippen molar-refractivity contribution in [3.63, 3.8) is 0 Å². The third-order valence-electron chi connectivity index (χ3n) is 3.81. The maximum absolute atomic E-state index is 5.51. The summed E-state index contributed by atoms with van der Waals surface area (Å²) in [6.45, 7) is 2.94. The van der Waals surface area contributed by atoms with Gasteiger partial charge in [0.2, 0.25) is 0 Å². The molecule has 0 saturated heterocycles. The van der Waals surface area contributed by atoms with Gasteiger partial charge in [0.25, 0.3) is 0 Å². The lowest BCUT2D eigenvalue weighted by atomic mass is 10.1. The van der Waals surface area contributed by atoms with Crippen LogP contribution in [-0.2, 0) is 13.0 Å². The number of aryl methyl sites for hydroxylation is 1. The number of rotatable bonds is 5. The van der Waals surface area contributed by atoms with Crippen molar-refractivity contribution in [2.75, 3.05) is 31.4 Å². The van der Waals surface area contributed by atoms with E-state index in [1.165, 1.54) is 16.8 Å². The maximum Gasteiger partial charge on any atom is 0.173 e. The zero-order valence-corrected chi connectivity index (χ0v) is 15.2. The van der Waals surface area contributed by atoms with Gasteiger partial charge in [-0.15, -0.1) is 0 Å². The predicted molar refractivity (Wildman–Crippen MR) is 104 cm³/mol. The van der Waals surface area contributed by atoms with E-state index in [1.807, 2.05) is 27.2 Å². The van der Waals surface area contributed by atoms with Crippen LogP contribution in [0, 0.1) is 0 Å². The topological polar surface area (TPSA) is 18.5 Å². The van der Waals surface area contributed by atoms with Crippen LogP contribution in [0.3, 0.4) is 0 Å². The Labute approximate surface area is 144 Å². The Morgan fingerprint density at radius 3 is 2.30 bits per heavy atom. The van der Waals surface area contributed by atoms with Crippen LogP contribution in [-0.4, -0.2) is 31.2 Å². The molecule has 3 nitrogen and oxygen atoms in total. The van der Waals surface area contributed by atoms with E-state index in [0.717, 1.165) is 23.8 Å². The molecule has 0 atom stereocenters. The van der Waals surface area contributed by atoms with Crippen molar-refractivity contribution < 1.29 is 0 Å². The highest BCUT2D eigenvalue weighted by Crippen LogP contribution is 2.15. The zero-order valence-electron chi connectivity index (χ0n) is 14.3. The highest BCUT2D eigenvalue weighted by atomic mass is 32.1. The molecule has 2 aromatic rings. The summed E-state index contributed by atoms with van der Waals surface area (Å²) in [4.78, 5) is 4.15. The van der Waals surface area contributed by atoms with E-state index in [4.69, 9.17) is 12.2 Å². The number of nitrogens with one attached hydrogen (secondary N) is 1. The third-order valence-corrected chi connectivity index (χ3v) is 4.22. The fraction of sp³-hybridized carbons (Fsp3) is 0.316. The molecule has 0 aromatic heterocycles.